The Hall–Kier alpha value is -1.36. The summed E-state index contributed by atoms with van der Waals surface area (Å²) in [6.07, 6.45) is 9.34. The van der Waals surface area contributed by atoms with Crippen molar-refractivity contribution in [3.63, 3.8) is 0 Å². The third kappa shape index (κ3) is 2.88. The van der Waals surface area contributed by atoms with Crippen molar-refractivity contribution in [2.75, 3.05) is 13.1 Å². The molecule has 0 aromatic carbocycles. The summed E-state index contributed by atoms with van der Waals surface area (Å²) in [6.45, 7) is 1.60. The number of nitrogens with one attached hydrogen (secondary N) is 1. The van der Waals surface area contributed by atoms with Crippen LogP contribution in [0.25, 0.3) is 0 Å². The van der Waals surface area contributed by atoms with Crippen molar-refractivity contribution in [1.29, 1.82) is 0 Å². The number of piperidine rings is 1. The first-order valence-corrected chi connectivity index (χ1v) is 11.1. The normalized spacial score (nSPS) is 36.3. The standard InChI is InChI=1S/C21H28N2O2S/c24-19(18-2-1-7-26-18)22-17-3-5-23(6-4-17)20(25)21-11-14-8-15(12-21)10-16(9-14)13-21/h1-2,7,14-17H,3-6,8-13H2,(H,22,24). The van der Waals surface area contributed by atoms with Crippen molar-refractivity contribution in [1.82, 2.24) is 10.2 Å². The van der Waals surface area contributed by atoms with Crippen LogP contribution < -0.4 is 5.32 Å². The molecular weight excluding hydrogens is 344 g/mol. The maximum absolute atomic E-state index is 13.4. The van der Waals surface area contributed by atoms with Crippen LogP contribution in [-0.2, 0) is 4.79 Å². The van der Waals surface area contributed by atoms with Gasteiger partial charge in [-0.25, -0.2) is 0 Å². The molecule has 5 fully saturated rings. The average molecular weight is 373 g/mol. The van der Waals surface area contributed by atoms with Gasteiger partial charge in [0.15, 0.2) is 0 Å². The summed E-state index contributed by atoms with van der Waals surface area (Å²) in [5.41, 5.74) is -0.0260. The minimum absolute atomic E-state index is 0.0260. The second-order valence-corrected chi connectivity index (χ2v) is 10.2. The molecule has 2 amide bonds. The quantitative estimate of drug-likeness (QED) is 0.880. The maximum Gasteiger partial charge on any atom is 0.261 e. The summed E-state index contributed by atoms with van der Waals surface area (Å²) in [6, 6.07) is 3.97. The lowest BCUT2D eigenvalue weighted by Crippen LogP contribution is -2.56. The Morgan fingerprint density at radius 1 is 1.04 bits per heavy atom. The highest BCUT2D eigenvalue weighted by Gasteiger charge is 2.55. The Labute approximate surface area is 159 Å². The number of amides is 2. The first-order chi connectivity index (χ1) is 12.6. The van der Waals surface area contributed by atoms with E-state index in [9.17, 15) is 9.59 Å². The second-order valence-electron chi connectivity index (χ2n) is 9.22. The van der Waals surface area contributed by atoms with Gasteiger partial charge < -0.3 is 10.2 Å². The summed E-state index contributed by atoms with van der Waals surface area (Å²) in [7, 11) is 0. The molecule has 0 unspecified atom stereocenters. The van der Waals surface area contributed by atoms with E-state index >= 15 is 0 Å². The van der Waals surface area contributed by atoms with Gasteiger partial charge in [-0.05, 0) is 80.6 Å². The van der Waals surface area contributed by atoms with Gasteiger partial charge in [0, 0.05) is 19.1 Å². The van der Waals surface area contributed by atoms with Crippen LogP contribution >= 0.6 is 11.3 Å². The van der Waals surface area contributed by atoms with Gasteiger partial charge in [-0.3, -0.25) is 9.59 Å². The number of thiophene rings is 1. The molecular formula is C21H28N2O2S. The number of hydrogen-bond acceptors (Lipinski definition) is 3. The Balaban J connectivity index is 1.19. The Morgan fingerprint density at radius 2 is 1.65 bits per heavy atom. The molecule has 0 radical (unpaired) electrons. The van der Waals surface area contributed by atoms with Gasteiger partial charge in [0.2, 0.25) is 5.91 Å². The Morgan fingerprint density at radius 3 is 2.19 bits per heavy atom. The van der Waals surface area contributed by atoms with Crippen molar-refractivity contribution in [3.8, 4) is 0 Å². The number of carbonyl (C=O) groups is 2. The van der Waals surface area contributed by atoms with Crippen molar-refractivity contribution in [2.24, 2.45) is 23.2 Å². The fraction of sp³-hybridized carbons (Fsp3) is 0.714. The SMILES string of the molecule is O=C(NC1CCN(C(=O)C23CC4CC(CC(C4)C2)C3)CC1)c1cccs1. The van der Waals surface area contributed by atoms with E-state index in [4.69, 9.17) is 0 Å². The van der Waals surface area contributed by atoms with E-state index in [0.717, 1.165) is 67.8 Å². The van der Waals surface area contributed by atoms with E-state index in [-0.39, 0.29) is 17.4 Å². The molecule has 0 atom stereocenters. The number of carbonyl (C=O) groups excluding carboxylic acids is 2. The minimum atomic E-state index is -0.0260. The fourth-order valence-corrected chi connectivity index (χ4v) is 7.23. The van der Waals surface area contributed by atoms with Crippen molar-refractivity contribution in [3.05, 3.63) is 22.4 Å². The minimum Gasteiger partial charge on any atom is -0.348 e. The largest absolute Gasteiger partial charge is 0.348 e. The number of rotatable bonds is 3. The van der Waals surface area contributed by atoms with E-state index in [0.29, 0.717) is 5.91 Å². The third-order valence-corrected chi connectivity index (χ3v) is 8.22. The van der Waals surface area contributed by atoms with E-state index in [1.807, 2.05) is 17.5 Å². The van der Waals surface area contributed by atoms with Gasteiger partial charge >= 0.3 is 0 Å². The molecule has 5 aliphatic rings. The molecule has 1 aromatic heterocycles. The lowest BCUT2D eigenvalue weighted by Gasteiger charge is -2.57. The van der Waals surface area contributed by atoms with Crippen LogP contribution in [0, 0.1) is 23.2 Å². The second kappa shape index (κ2) is 6.36. The van der Waals surface area contributed by atoms with Crippen LogP contribution in [0.1, 0.15) is 61.0 Å². The first-order valence-electron chi connectivity index (χ1n) is 10.2. The van der Waals surface area contributed by atoms with Gasteiger partial charge in [0.1, 0.15) is 0 Å². The fourth-order valence-electron chi connectivity index (χ4n) is 6.60. The van der Waals surface area contributed by atoms with Gasteiger partial charge in [0.25, 0.3) is 5.91 Å². The van der Waals surface area contributed by atoms with Crippen LogP contribution in [0.2, 0.25) is 0 Å². The van der Waals surface area contributed by atoms with Crippen molar-refractivity contribution >= 4 is 23.2 Å². The molecule has 4 bridgehead atoms. The van der Waals surface area contributed by atoms with Gasteiger partial charge in [-0.2, -0.15) is 0 Å². The van der Waals surface area contributed by atoms with E-state index in [2.05, 4.69) is 10.2 Å². The lowest BCUT2D eigenvalue weighted by atomic mass is 9.49. The van der Waals surface area contributed by atoms with Crippen LogP contribution in [0.5, 0.6) is 0 Å². The number of likely N-dealkylation sites (tertiary alicyclic amines) is 1. The third-order valence-electron chi connectivity index (χ3n) is 7.35. The molecule has 5 heteroatoms. The van der Waals surface area contributed by atoms with Crippen LogP contribution in [0.4, 0.5) is 0 Å². The summed E-state index contributed by atoms with van der Waals surface area (Å²) >= 11 is 1.48. The molecule has 1 aliphatic heterocycles. The Bertz CT molecular complexity index is 656. The molecule has 2 heterocycles. The predicted molar refractivity (Wildman–Crippen MR) is 102 cm³/mol. The molecule has 1 N–H and O–H groups in total. The van der Waals surface area contributed by atoms with Crippen LogP contribution in [0.3, 0.4) is 0 Å². The smallest absolute Gasteiger partial charge is 0.261 e. The molecule has 4 aliphatic carbocycles. The highest BCUT2D eigenvalue weighted by atomic mass is 32.1. The monoisotopic (exact) mass is 372 g/mol. The van der Waals surface area contributed by atoms with E-state index < -0.39 is 0 Å². The highest BCUT2D eigenvalue weighted by Crippen LogP contribution is 2.60. The van der Waals surface area contributed by atoms with Gasteiger partial charge in [-0.1, -0.05) is 6.07 Å². The summed E-state index contributed by atoms with van der Waals surface area (Å²) in [4.78, 5) is 28.5. The highest BCUT2D eigenvalue weighted by molar-refractivity contribution is 7.12. The molecule has 1 aromatic rings. The summed E-state index contributed by atoms with van der Waals surface area (Å²) < 4.78 is 0. The number of nitrogens with zero attached hydrogens (tertiary/aromatic N) is 1. The molecule has 6 rings (SSSR count). The lowest BCUT2D eigenvalue weighted by molar-refractivity contribution is -0.158. The molecule has 4 saturated carbocycles. The first kappa shape index (κ1) is 16.8. The van der Waals surface area contributed by atoms with Crippen LogP contribution in [0.15, 0.2) is 17.5 Å². The number of hydrogen-bond donors (Lipinski definition) is 1. The van der Waals surface area contributed by atoms with Gasteiger partial charge in [0.05, 0.1) is 10.3 Å². The molecule has 1 saturated heterocycles. The zero-order valence-electron chi connectivity index (χ0n) is 15.3. The van der Waals surface area contributed by atoms with Crippen LogP contribution in [-0.4, -0.2) is 35.8 Å². The maximum atomic E-state index is 13.4. The van der Waals surface area contributed by atoms with E-state index in [1.165, 1.54) is 30.6 Å². The zero-order chi connectivity index (χ0) is 17.7. The van der Waals surface area contributed by atoms with Crippen molar-refractivity contribution < 1.29 is 9.59 Å². The van der Waals surface area contributed by atoms with Crippen molar-refractivity contribution in [2.45, 2.75) is 57.4 Å². The summed E-state index contributed by atoms with van der Waals surface area (Å²) in [5, 5.41) is 5.08. The molecule has 4 nitrogen and oxygen atoms in total. The predicted octanol–water partition coefficient (Wildman–Crippen LogP) is 3.69. The van der Waals surface area contributed by atoms with E-state index in [1.54, 1.807) is 0 Å². The Kier molecular flexibility index (Phi) is 4.11. The molecule has 26 heavy (non-hydrogen) atoms. The summed E-state index contributed by atoms with van der Waals surface area (Å²) in [5.74, 6) is 2.92. The topological polar surface area (TPSA) is 49.4 Å². The zero-order valence-corrected chi connectivity index (χ0v) is 16.1. The average Bonchev–Trinajstić information content (AvgIpc) is 3.15. The van der Waals surface area contributed by atoms with Gasteiger partial charge in [-0.15, -0.1) is 11.3 Å². The molecule has 140 valence electrons. The molecule has 0 spiro atoms.